The number of carbonyl (C=O) groups excluding carboxylic acids is 1. The molecule has 1 N–H and O–H groups in total. The molecule has 2 atom stereocenters. The molecule has 0 radical (unpaired) electrons. The van der Waals surface area contributed by atoms with Crippen molar-refractivity contribution < 1.29 is 14.3 Å². The number of anilines is 1. The standard InChI is InChI=1S/C15H21NO3/c1-4-19-14(17)9-11-8-10(2)16-15-12(11)6-5-7-13(15)18-3/h5-7,10-11,16H,4,8-9H2,1-3H3. The van der Waals surface area contributed by atoms with Crippen molar-refractivity contribution in [1.29, 1.82) is 0 Å². The number of ether oxygens (including phenoxy) is 2. The topological polar surface area (TPSA) is 47.6 Å². The maximum atomic E-state index is 11.7. The fraction of sp³-hybridized carbons (Fsp3) is 0.533. The minimum atomic E-state index is -0.129. The van der Waals surface area contributed by atoms with Gasteiger partial charge in [0.15, 0.2) is 0 Å². The summed E-state index contributed by atoms with van der Waals surface area (Å²) in [6, 6.07) is 6.28. The van der Waals surface area contributed by atoms with Crippen LogP contribution < -0.4 is 10.1 Å². The number of rotatable bonds is 4. The van der Waals surface area contributed by atoms with Gasteiger partial charge in [-0.2, -0.15) is 0 Å². The first-order valence-electron chi connectivity index (χ1n) is 6.74. The first-order valence-corrected chi connectivity index (χ1v) is 6.74. The van der Waals surface area contributed by atoms with Gasteiger partial charge >= 0.3 is 5.97 Å². The van der Waals surface area contributed by atoms with E-state index in [4.69, 9.17) is 9.47 Å². The molecule has 104 valence electrons. The van der Waals surface area contributed by atoms with Crippen LogP contribution in [0.1, 0.15) is 38.2 Å². The minimum absolute atomic E-state index is 0.129. The zero-order valence-corrected chi connectivity index (χ0v) is 11.7. The smallest absolute Gasteiger partial charge is 0.306 e. The third kappa shape index (κ3) is 3.00. The second kappa shape index (κ2) is 5.95. The van der Waals surface area contributed by atoms with E-state index in [-0.39, 0.29) is 11.9 Å². The number of hydrogen-bond donors (Lipinski definition) is 1. The predicted octanol–water partition coefficient (Wildman–Crippen LogP) is 2.94. The molecule has 4 heteroatoms. The lowest BCUT2D eigenvalue weighted by atomic mass is 9.85. The Hall–Kier alpha value is -1.71. The van der Waals surface area contributed by atoms with Gasteiger partial charge in [-0.15, -0.1) is 0 Å². The molecule has 1 aliphatic heterocycles. The number of esters is 1. The zero-order chi connectivity index (χ0) is 13.8. The van der Waals surface area contributed by atoms with Crippen LogP contribution in [0.2, 0.25) is 0 Å². The zero-order valence-electron chi connectivity index (χ0n) is 11.7. The van der Waals surface area contributed by atoms with Crippen LogP contribution in [-0.2, 0) is 9.53 Å². The van der Waals surface area contributed by atoms with Crippen molar-refractivity contribution in [3.63, 3.8) is 0 Å². The van der Waals surface area contributed by atoms with E-state index < -0.39 is 0 Å². The Kier molecular flexibility index (Phi) is 4.30. The number of nitrogens with one attached hydrogen (secondary N) is 1. The molecule has 1 aromatic rings. The van der Waals surface area contributed by atoms with Crippen LogP contribution in [-0.4, -0.2) is 25.7 Å². The van der Waals surface area contributed by atoms with Gasteiger partial charge < -0.3 is 14.8 Å². The van der Waals surface area contributed by atoms with Crippen molar-refractivity contribution in [2.45, 2.75) is 38.6 Å². The van der Waals surface area contributed by atoms with Crippen LogP contribution >= 0.6 is 0 Å². The molecule has 0 saturated carbocycles. The lowest BCUT2D eigenvalue weighted by Gasteiger charge is -2.31. The van der Waals surface area contributed by atoms with Crippen LogP contribution in [0.4, 0.5) is 5.69 Å². The predicted molar refractivity (Wildman–Crippen MR) is 74.7 cm³/mol. The molecule has 19 heavy (non-hydrogen) atoms. The molecule has 2 unspecified atom stereocenters. The molecular formula is C15H21NO3. The van der Waals surface area contributed by atoms with Crippen molar-refractivity contribution in [3.05, 3.63) is 23.8 Å². The first kappa shape index (κ1) is 13.7. The number of para-hydroxylation sites is 1. The van der Waals surface area contributed by atoms with Gasteiger partial charge in [-0.25, -0.2) is 0 Å². The summed E-state index contributed by atoms with van der Waals surface area (Å²) in [4.78, 5) is 11.7. The summed E-state index contributed by atoms with van der Waals surface area (Å²) in [6.07, 6.45) is 1.36. The van der Waals surface area contributed by atoms with Gasteiger partial charge in [0, 0.05) is 6.04 Å². The Balaban J connectivity index is 2.26. The van der Waals surface area contributed by atoms with Crippen LogP contribution in [0.3, 0.4) is 0 Å². The summed E-state index contributed by atoms with van der Waals surface area (Å²) in [5.74, 6) is 0.897. The van der Waals surface area contributed by atoms with Gasteiger partial charge in [-0.05, 0) is 37.8 Å². The van der Waals surface area contributed by atoms with E-state index in [9.17, 15) is 4.79 Å². The van der Waals surface area contributed by atoms with E-state index in [1.54, 1.807) is 7.11 Å². The van der Waals surface area contributed by atoms with Gasteiger partial charge in [-0.1, -0.05) is 12.1 Å². The molecule has 1 aliphatic rings. The second-order valence-electron chi connectivity index (χ2n) is 4.91. The molecule has 0 aliphatic carbocycles. The number of hydrogen-bond acceptors (Lipinski definition) is 4. The summed E-state index contributed by atoms with van der Waals surface area (Å²) < 4.78 is 10.4. The van der Waals surface area contributed by atoms with Gasteiger partial charge in [0.2, 0.25) is 0 Å². The van der Waals surface area contributed by atoms with Crippen molar-refractivity contribution >= 4 is 11.7 Å². The Labute approximate surface area is 114 Å². The van der Waals surface area contributed by atoms with E-state index in [1.165, 1.54) is 0 Å². The average Bonchev–Trinajstić information content (AvgIpc) is 2.38. The van der Waals surface area contributed by atoms with E-state index in [0.29, 0.717) is 19.1 Å². The molecule has 1 aromatic carbocycles. The van der Waals surface area contributed by atoms with Crippen LogP contribution in [0.5, 0.6) is 5.75 Å². The van der Waals surface area contributed by atoms with Gasteiger partial charge in [0.1, 0.15) is 5.75 Å². The highest BCUT2D eigenvalue weighted by atomic mass is 16.5. The Morgan fingerprint density at radius 2 is 2.26 bits per heavy atom. The number of methoxy groups -OCH3 is 1. The fourth-order valence-electron chi connectivity index (χ4n) is 2.69. The largest absolute Gasteiger partial charge is 0.495 e. The van der Waals surface area contributed by atoms with Crippen LogP contribution in [0, 0.1) is 0 Å². The van der Waals surface area contributed by atoms with E-state index in [0.717, 1.165) is 23.4 Å². The number of carbonyl (C=O) groups is 1. The molecule has 0 fully saturated rings. The van der Waals surface area contributed by atoms with E-state index >= 15 is 0 Å². The highest BCUT2D eigenvalue weighted by molar-refractivity contribution is 5.73. The van der Waals surface area contributed by atoms with Gasteiger partial charge in [-0.3, -0.25) is 4.79 Å². The summed E-state index contributed by atoms with van der Waals surface area (Å²) >= 11 is 0. The van der Waals surface area contributed by atoms with E-state index in [2.05, 4.69) is 18.3 Å². The Morgan fingerprint density at radius 1 is 1.47 bits per heavy atom. The van der Waals surface area contributed by atoms with Crippen molar-refractivity contribution in [1.82, 2.24) is 0 Å². The van der Waals surface area contributed by atoms with Crippen molar-refractivity contribution in [2.24, 2.45) is 0 Å². The number of benzene rings is 1. The second-order valence-corrected chi connectivity index (χ2v) is 4.91. The molecule has 0 saturated heterocycles. The average molecular weight is 263 g/mol. The summed E-state index contributed by atoms with van der Waals surface area (Å²) in [6.45, 7) is 4.39. The van der Waals surface area contributed by atoms with E-state index in [1.807, 2.05) is 19.1 Å². The lowest BCUT2D eigenvalue weighted by Crippen LogP contribution is -2.27. The minimum Gasteiger partial charge on any atom is -0.495 e. The van der Waals surface area contributed by atoms with Gasteiger partial charge in [0.25, 0.3) is 0 Å². The third-order valence-corrected chi connectivity index (χ3v) is 3.47. The SMILES string of the molecule is CCOC(=O)CC1CC(C)Nc2c(OC)cccc21. The lowest BCUT2D eigenvalue weighted by molar-refractivity contribution is -0.143. The molecule has 0 spiro atoms. The number of fused-ring (bicyclic) bond motifs is 1. The summed E-state index contributed by atoms with van der Waals surface area (Å²) in [5, 5.41) is 3.44. The van der Waals surface area contributed by atoms with Crippen LogP contribution in [0.25, 0.3) is 0 Å². The van der Waals surface area contributed by atoms with Crippen molar-refractivity contribution in [3.8, 4) is 5.75 Å². The molecule has 4 nitrogen and oxygen atoms in total. The third-order valence-electron chi connectivity index (χ3n) is 3.47. The van der Waals surface area contributed by atoms with Gasteiger partial charge in [0.05, 0.1) is 25.8 Å². The molecular weight excluding hydrogens is 242 g/mol. The molecule has 0 amide bonds. The molecule has 0 aromatic heterocycles. The summed E-state index contributed by atoms with van der Waals surface area (Å²) in [5.41, 5.74) is 2.16. The monoisotopic (exact) mass is 263 g/mol. The molecule has 0 bridgehead atoms. The highest BCUT2D eigenvalue weighted by Crippen LogP contribution is 2.41. The maximum Gasteiger partial charge on any atom is 0.306 e. The molecule has 2 rings (SSSR count). The Bertz CT molecular complexity index is 459. The first-order chi connectivity index (χ1) is 9.15. The quantitative estimate of drug-likeness (QED) is 0.848. The fourth-order valence-corrected chi connectivity index (χ4v) is 2.69. The van der Waals surface area contributed by atoms with Crippen LogP contribution in [0.15, 0.2) is 18.2 Å². The maximum absolute atomic E-state index is 11.7. The molecule has 1 heterocycles. The summed E-state index contributed by atoms with van der Waals surface area (Å²) in [7, 11) is 1.66. The van der Waals surface area contributed by atoms with Crippen molar-refractivity contribution in [2.75, 3.05) is 19.0 Å². The Morgan fingerprint density at radius 3 is 2.95 bits per heavy atom. The normalized spacial score (nSPS) is 21.2. The highest BCUT2D eigenvalue weighted by Gasteiger charge is 2.28.